The number of hydrogen-bond donors (Lipinski definition) is 1. The minimum Gasteiger partial charge on any atom is -0.588 e. The Labute approximate surface area is 178 Å². The Morgan fingerprint density at radius 1 is 1.00 bits per heavy atom. The third-order valence-electron chi connectivity index (χ3n) is 4.85. The van der Waals surface area contributed by atoms with Crippen LogP contribution >= 0.6 is 0 Å². The lowest BCUT2D eigenvalue weighted by Crippen LogP contribution is -2.30. The maximum absolute atomic E-state index is 13.0. The smallest absolute Gasteiger partial charge is 0.328 e. The van der Waals surface area contributed by atoms with Crippen LogP contribution in [0, 0.1) is 6.92 Å². The number of anilines is 1. The van der Waals surface area contributed by atoms with Gasteiger partial charge < -0.3 is 13.9 Å². The number of benzene rings is 3. The zero-order valence-corrected chi connectivity index (χ0v) is 17.8. The number of furan rings is 1. The Kier molecular flexibility index (Phi) is 5.53. The molecule has 6 heteroatoms. The van der Waals surface area contributed by atoms with Crippen LogP contribution < -0.4 is 9.62 Å². The third kappa shape index (κ3) is 4.06. The van der Waals surface area contributed by atoms with E-state index >= 15 is 0 Å². The van der Waals surface area contributed by atoms with Crippen molar-refractivity contribution in [2.75, 3.05) is 19.0 Å². The molecule has 0 saturated heterocycles. The van der Waals surface area contributed by atoms with Crippen molar-refractivity contribution < 1.29 is 13.8 Å². The first-order valence-corrected chi connectivity index (χ1v) is 10.7. The largest absolute Gasteiger partial charge is 0.588 e. The van der Waals surface area contributed by atoms with Crippen LogP contribution in [0.2, 0.25) is 0 Å². The van der Waals surface area contributed by atoms with Crippen LogP contribution in [-0.4, -0.2) is 24.6 Å². The molecule has 30 heavy (non-hydrogen) atoms. The highest BCUT2D eigenvalue weighted by Crippen LogP contribution is 2.29. The van der Waals surface area contributed by atoms with Gasteiger partial charge in [-0.3, -0.25) is 4.79 Å². The van der Waals surface area contributed by atoms with Gasteiger partial charge in [0.15, 0.2) is 10.7 Å². The quantitative estimate of drug-likeness (QED) is 0.467. The summed E-state index contributed by atoms with van der Waals surface area (Å²) >= 11 is -1.74. The molecule has 0 aliphatic rings. The summed E-state index contributed by atoms with van der Waals surface area (Å²) in [5.41, 5.74) is 4.40. The van der Waals surface area contributed by atoms with Crippen molar-refractivity contribution in [3.63, 3.8) is 0 Å². The van der Waals surface area contributed by atoms with Crippen LogP contribution in [0.25, 0.3) is 22.1 Å². The highest BCUT2D eigenvalue weighted by atomic mass is 32.2. The minimum absolute atomic E-state index is 0.127. The van der Waals surface area contributed by atoms with Crippen molar-refractivity contribution in [1.29, 1.82) is 0 Å². The third-order valence-corrected chi connectivity index (χ3v) is 5.98. The van der Waals surface area contributed by atoms with Gasteiger partial charge in [0.25, 0.3) is 0 Å². The number of nitrogens with one attached hydrogen (secondary N) is 1. The van der Waals surface area contributed by atoms with E-state index in [0.29, 0.717) is 10.5 Å². The molecule has 1 heterocycles. The fourth-order valence-corrected chi connectivity index (χ4v) is 4.20. The summed E-state index contributed by atoms with van der Waals surface area (Å²) in [6, 6.07) is 22.7. The number of amides is 1. The molecule has 3 aromatic carbocycles. The van der Waals surface area contributed by atoms with E-state index in [-0.39, 0.29) is 5.76 Å². The predicted molar refractivity (Wildman–Crippen MR) is 121 cm³/mol. The molecule has 0 fully saturated rings. The zero-order valence-electron chi connectivity index (χ0n) is 17.0. The predicted octanol–water partition coefficient (Wildman–Crippen LogP) is 4.93. The topological polar surface area (TPSA) is 68.5 Å². The molecule has 0 radical (unpaired) electrons. The Hall–Kier alpha value is -3.22. The normalized spacial score (nSPS) is 12.0. The van der Waals surface area contributed by atoms with Crippen molar-refractivity contribution in [1.82, 2.24) is 4.72 Å². The number of carbonyl (C=O) groups excluding carboxylic acids is 1. The first-order valence-electron chi connectivity index (χ1n) is 9.52. The van der Waals surface area contributed by atoms with E-state index in [2.05, 4.69) is 4.72 Å². The number of hydrogen-bond acceptors (Lipinski definition) is 4. The highest BCUT2D eigenvalue weighted by Gasteiger charge is 2.23. The lowest BCUT2D eigenvalue weighted by molar-refractivity contribution is 0.0956. The maximum atomic E-state index is 13.0. The van der Waals surface area contributed by atoms with Gasteiger partial charge in [0.1, 0.15) is 16.9 Å². The van der Waals surface area contributed by atoms with E-state index in [0.717, 1.165) is 27.8 Å². The zero-order chi connectivity index (χ0) is 21.3. The summed E-state index contributed by atoms with van der Waals surface area (Å²) in [5.74, 6) is -0.391. The van der Waals surface area contributed by atoms with Crippen LogP contribution in [0.15, 0.2) is 82.1 Å². The van der Waals surface area contributed by atoms with Gasteiger partial charge in [-0.1, -0.05) is 42.0 Å². The number of carbonyl (C=O) groups is 1. The Balaban J connectivity index is 1.61. The summed E-state index contributed by atoms with van der Waals surface area (Å²) in [6.45, 7) is 1.98. The molecule has 1 aromatic heterocycles. The molecule has 4 aromatic rings. The lowest BCUT2D eigenvalue weighted by atomic mass is 10.0. The first-order chi connectivity index (χ1) is 14.4. The molecule has 0 aliphatic heterocycles. The average molecular weight is 419 g/mol. The number of aryl methyl sites for hydroxylation is 1. The van der Waals surface area contributed by atoms with Gasteiger partial charge in [0, 0.05) is 36.8 Å². The molecule has 1 unspecified atom stereocenters. The molecular formula is C24H22N2O3S. The Bertz CT molecular complexity index is 1200. The van der Waals surface area contributed by atoms with Gasteiger partial charge in [-0.15, -0.1) is 0 Å². The molecule has 0 aliphatic carbocycles. The van der Waals surface area contributed by atoms with Gasteiger partial charge >= 0.3 is 5.91 Å². The second-order valence-electron chi connectivity index (χ2n) is 7.29. The fraction of sp³-hybridized carbons (Fsp3) is 0.125. The van der Waals surface area contributed by atoms with Crippen molar-refractivity contribution in [3.8, 4) is 11.1 Å². The average Bonchev–Trinajstić information content (AvgIpc) is 3.17. The summed E-state index contributed by atoms with van der Waals surface area (Å²) < 4.78 is 21.3. The van der Waals surface area contributed by atoms with E-state index in [4.69, 9.17) is 4.42 Å². The molecule has 4 rings (SSSR count). The molecule has 1 amide bonds. The van der Waals surface area contributed by atoms with Crippen LogP contribution in [0.3, 0.4) is 0 Å². The number of fused-ring (bicyclic) bond motifs is 1. The molecule has 5 nitrogen and oxygen atoms in total. The van der Waals surface area contributed by atoms with Gasteiger partial charge in [-0.2, -0.15) is 4.72 Å². The van der Waals surface area contributed by atoms with Gasteiger partial charge in [0.05, 0.1) is 0 Å². The molecule has 0 bridgehead atoms. The summed E-state index contributed by atoms with van der Waals surface area (Å²) in [4.78, 5) is 15.2. The van der Waals surface area contributed by atoms with Crippen LogP contribution in [0.5, 0.6) is 0 Å². The second kappa shape index (κ2) is 8.26. The van der Waals surface area contributed by atoms with Crippen LogP contribution in [-0.2, 0) is 11.4 Å². The van der Waals surface area contributed by atoms with E-state index in [9.17, 15) is 9.35 Å². The van der Waals surface area contributed by atoms with Crippen LogP contribution in [0.4, 0.5) is 5.69 Å². The highest BCUT2D eigenvalue weighted by molar-refractivity contribution is 7.90. The van der Waals surface area contributed by atoms with Crippen molar-refractivity contribution in [2.45, 2.75) is 11.8 Å². The Morgan fingerprint density at radius 3 is 2.50 bits per heavy atom. The van der Waals surface area contributed by atoms with E-state index < -0.39 is 17.3 Å². The lowest BCUT2D eigenvalue weighted by Gasteiger charge is -2.14. The molecule has 152 valence electrons. The Morgan fingerprint density at radius 2 is 1.77 bits per heavy atom. The maximum Gasteiger partial charge on any atom is 0.328 e. The van der Waals surface area contributed by atoms with Crippen LogP contribution in [0.1, 0.15) is 16.1 Å². The molecule has 0 saturated carbocycles. The van der Waals surface area contributed by atoms with Crippen molar-refractivity contribution in [3.05, 3.63) is 84.1 Å². The molecule has 0 spiro atoms. The standard InChI is InChI=1S/C24H22N2O3S/c1-16-9-12-23(20(13-16)17-7-5-4-6-8-17)30(28)25-24(27)22-14-18-10-11-19(26(2)3)15-21(18)29-22/h4-15H,1-3H3,(H,25,27). The summed E-state index contributed by atoms with van der Waals surface area (Å²) in [5, 5.41) is 0.817. The molecule has 1 N–H and O–H groups in total. The SMILES string of the molecule is Cc1ccc([S+]([O-])NC(=O)c2cc3ccc(N(C)C)cc3o2)c(-c2ccccc2)c1. The van der Waals surface area contributed by atoms with E-state index in [1.165, 1.54) is 0 Å². The van der Waals surface area contributed by atoms with E-state index in [1.807, 2.05) is 86.6 Å². The number of nitrogens with zero attached hydrogens (tertiary/aromatic N) is 1. The monoisotopic (exact) mass is 418 g/mol. The minimum atomic E-state index is -1.74. The molecular weight excluding hydrogens is 396 g/mol. The summed E-state index contributed by atoms with van der Waals surface area (Å²) in [6.07, 6.45) is 0. The van der Waals surface area contributed by atoms with Gasteiger partial charge in [-0.25, -0.2) is 0 Å². The first kappa shape index (κ1) is 20.1. The fourth-order valence-electron chi connectivity index (χ4n) is 3.25. The second-order valence-corrected chi connectivity index (χ2v) is 8.47. The van der Waals surface area contributed by atoms with Gasteiger partial charge in [0.2, 0.25) is 0 Å². The van der Waals surface area contributed by atoms with Crippen molar-refractivity contribution in [2.24, 2.45) is 0 Å². The molecule has 1 atom stereocenters. The van der Waals surface area contributed by atoms with Crippen molar-refractivity contribution >= 4 is 33.9 Å². The summed E-state index contributed by atoms with van der Waals surface area (Å²) in [7, 11) is 3.87. The number of rotatable bonds is 5. The van der Waals surface area contributed by atoms with Gasteiger partial charge in [-0.05, 0) is 42.8 Å². The van der Waals surface area contributed by atoms with E-state index in [1.54, 1.807) is 12.1 Å².